The number of sulfonamides is 1. The number of benzene rings is 1. The van der Waals surface area contributed by atoms with Gasteiger partial charge in [-0.05, 0) is 26.0 Å². The van der Waals surface area contributed by atoms with Crippen LogP contribution in [0.3, 0.4) is 0 Å². The van der Waals surface area contributed by atoms with Gasteiger partial charge < -0.3 is 4.52 Å². The van der Waals surface area contributed by atoms with Crippen LogP contribution in [0.2, 0.25) is 5.02 Å². The molecule has 0 fully saturated rings. The highest BCUT2D eigenvalue weighted by molar-refractivity contribution is 7.89. The number of aromatic nitrogens is 1. The molecule has 1 aromatic carbocycles. The maximum atomic E-state index is 13.6. The van der Waals surface area contributed by atoms with E-state index in [4.69, 9.17) is 16.1 Å². The van der Waals surface area contributed by atoms with Crippen LogP contribution in [0.5, 0.6) is 0 Å². The molecule has 1 aromatic heterocycles. The Morgan fingerprint density at radius 3 is 2.48 bits per heavy atom. The van der Waals surface area contributed by atoms with Crippen molar-refractivity contribution in [3.8, 4) is 0 Å². The van der Waals surface area contributed by atoms with Crippen molar-refractivity contribution in [1.29, 1.82) is 0 Å². The molecule has 0 saturated heterocycles. The van der Waals surface area contributed by atoms with E-state index < -0.39 is 33.2 Å². The van der Waals surface area contributed by atoms with Crippen molar-refractivity contribution in [1.82, 2.24) is 9.88 Å². The maximum Gasteiger partial charge on any atom is 0.246 e. The van der Waals surface area contributed by atoms with Gasteiger partial charge in [-0.15, -0.1) is 0 Å². The highest BCUT2D eigenvalue weighted by Gasteiger charge is 2.25. The summed E-state index contributed by atoms with van der Waals surface area (Å²) in [6.45, 7) is 2.40. The quantitative estimate of drug-likeness (QED) is 0.871. The van der Waals surface area contributed by atoms with Crippen LogP contribution in [0, 0.1) is 25.5 Å². The van der Waals surface area contributed by atoms with Crippen molar-refractivity contribution in [2.24, 2.45) is 0 Å². The van der Waals surface area contributed by atoms with Crippen LogP contribution in [0.15, 0.2) is 21.6 Å². The summed E-state index contributed by atoms with van der Waals surface area (Å²) in [4.78, 5) is -0.129. The van der Waals surface area contributed by atoms with Crippen molar-refractivity contribution < 1.29 is 21.7 Å². The second kappa shape index (κ2) is 5.70. The average molecular weight is 337 g/mol. The Hall–Kier alpha value is -1.51. The number of aryl methyl sites for hydroxylation is 2. The first-order chi connectivity index (χ1) is 9.74. The van der Waals surface area contributed by atoms with E-state index in [1.165, 1.54) is 13.8 Å². The number of rotatable bonds is 4. The van der Waals surface area contributed by atoms with E-state index in [2.05, 4.69) is 9.88 Å². The molecule has 0 aliphatic rings. The molecule has 0 radical (unpaired) electrons. The molecule has 1 N–H and O–H groups in total. The molecule has 2 aromatic rings. The van der Waals surface area contributed by atoms with Gasteiger partial charge in [0.2, 0.25) is 10.0 Å². The molecule has 0 aliphatic carbocycles. The lowest BCUT2D eigenvalue weighted by molar-refractivity contribution is 0.390. The van der Waals surface area contributed by atoms with Crippen LogP contribution in [0.4, 0.5) is 8.78 Å². The van der Waals surface area contributed by atoms with Crippen molar-refractivity contribution in [3.63, 3.8) is 0 Å². The van der Waals surface area contributed by atoms with E-state index in [0.717, 1.165) is 12.1 Å². The number of hydrogen-bond acceptors (Lipinski definition) is 4. The smallest absolute Gasteiger partial charge is 0.246 e. The summed E-state index contributed by atoms with van der Waals surface area (Å²) >= 11 is 5.63. The van der Waals surface area contributed by atoms with E-state index in [0.29, 0.717) is 0 Å². The highest BCUT2D eigenvalue weighted by atomic mass is 35.5. The van der Waals surface area contributed by atoms with Crippen LogP contribution in [0.1, 0.15) is 17.0 Å². The fraction of sp³-hybridized carbons (Fsp3) is 0.250. The third-order valence-electron chi connectivity index (χ3n) is 2.81. The Morgan fingerprint density at radius 1 is 1.29 bits per heavy atom. The summed E-state index contributed by atoms with van der Waals surface area (Å²) in [7, 11) is -3.98. The second-order valence-corrected chi connectivity index (χ2v) is 6.38. The lowest BCUT2D eigenvalue weighted by atomic mass is 10.2. The van der Waals surface area contributed by atoms with Crippen molar-refractivity contribution in [2.75, 3.05) is 0 Å². The highest BCUT2D eigenvalue weighted by Crippen LogP contribution is 2.24. The molecule has 1 heterocycles. The Kier molecular flexibility index (Phi) is 4.31. The molecule has 0 amide bonds. The molecule has 2 rings (SSSR count). The van der Waals surface area contributed by atoms with Crippen molar-refractivity contribution in [2.45, 2.75) is 25.3 Å². The Labute approximate surface area is 124 Å². The summed E-state index contributed by atoms with van der Waals surface area (Å²) in [6, 6.07) is 1.74. The van der Waals surface area contributed by atoms with Gasteiger partial charge in [0.05, 0.1) is 5.02 Å². The zero-order chi connectivity index (χ0) is 15.8. The standard InChI is InChI=1S/C12H11ClF2N2O3S/c1-6-12(7(2)20-17-6)21(18,19)16-5-8-9(14)3-4-10(15)11(8)13/h3-4,16H,5H2,1-2H3. The lowest BCUT2D eigenvalue weighted by Crippen LogP contribution is -2.25. The minimum absolute atomic E-state index is 0.103. The monoisotopic (exact) mass is 336 g/mol. The summed E-state index contributed by atoms with van der Waals surface area (Å²) < 4.78 is 58.1. The number of nitrogens with one attached hydrogen (secondary N) is 1. The fourth-order valence-corrected chi connectivity index (χ4v) is 3.37. The predicted octanol–water partition coefficient (Wildman–Crippen LogP) is 2.70. The van der Waals surface area contributed by atoms with E-state index >= 15 is 0 Å². The van der Waals surface area contributed by atoms with Crippen LogP contribution in [-0.2, 0) is 16.6 Å². The van der Waals surface area contributed by atoms with Crippen LogP contribution in [-0.4, -0.2) is 13.6 Å². The number of halogens is 3. The number of nitrogens with zero attached hydrogens (tertiary/aromatic N) is 1. The largest absolute Gasteiger partial charge is 0.360 e. The van der Waals surface area contributed by atoms with Gasteiger partial charge in [0.1, 0.15) is 22.2 Å². The molecule has 9 heteroatoms. The van der Waals surface area contributed by atoms with E-state index in [1.807, 2.05) is 0 Å². The summed E-state index contributed by atoms with van der Waals surface area (Å²) in [5.41, 5.74) is -0.0992. The minimum Gasteiger partial charge on any atom is -0.360 e. The molecule has 5 nitrogen and oxygen atoms in total. The third kappa shape index (κ3) is 3.07. The number of hydrogen-bond donors (Lipinski definition) is 1. The molecular weight excluding hydrogens is 326 g/mol. The zero-order valence-electron chi connectivity index (χ0n) is 11.1. The minimum atomic E-state index is -3.98. The first kappa shape index (κ1) is 15.9. The van der Waals surface area contributed by atoms with Gasteiger partial charge in [0, 0.05) is 12.1 Å². The zero-order valence-corrected chi connectivity index (χ0v) is 12.6. The molecule has 0 aliphatic heterocycles. The Balaban J connectivity index is 2.30. The summed E-state index contributed by atoms with van der Waals surface area (Å²) in [6.07, 6.45) is 0. The van der Waals surface area contributed by atoms with Gasteiger partial charge in [-0.3, -0.25) is 0 Å². The molecular formula is C12H11ClF2N2O3S. The predicted molar refractivity (Wildman–Crippen MR) is 71.4 cm³/mol. The Bertz CT molecular complexity index is 771. The van der Waals surface area contributed by atoms with Crippen LogP contribution < -0.4 is 4.72 Å². The molecule has 0 spiro atoms. The van der Waals surface area contributed by atoms with Gasteiger partial charge in [0.15, 0.2) is 5.76 Å². The average Bonchev–Trinajstić information content (AvgIpc) is 2.74. The van der Waals surface area contributed by atoms with E-state index in [1.54, 1.807) is 0 Å². The molecule has 0 unspecified atom stereocenters. The second-order valence-electron chi connectivity index (χ2n) is 4.30. The van der Waals surface area contributed by atoms with Crippen molar-refractivity contribution >= 4 is 21.6 Å². The van der Waals surface area contributed by atoms with Gasteiger partial charge in [0.25, 0.3) is 0 Å². The molecule has 21 heavy (non-hydrogen) atoms. The fourth-order valence-electron chi connectivity index (χ4n) is 1.83. The van der Waals surface area contributed by atoms with Crippen LogP contribution >= 0.6 is 11.6 Å². The molecule has 114 valence electrons. The Morgan fingerprint density at radius 2 is 1.90 bits per heavy atom. The van der Waals surface area contributed by atoms with Gasteiger partial charge in [-0.25, -0.2) is 21.9 Å². The first-order valence-electron chi connectivity index (χ1n) is 5.79. The summed E-state index contributed by atoms with van der Waals surface area (Å²) in [5, 5.41) is 3.07. The molecule has 0 bridgehead atoms. The van der Waals surface area contributed by atoms with Crippen LogP contribution in [0.25, 0.3) is 0 Å². The van der Waals surface area contributed by atoms with Gasteiger partial charge in [-0.2, -0.15) is 0 Å². The van der Waals surface area contributed by atoms with Gasteiger partial charge in [-0.1, -0.05) is 16.8 Å². The SMILES string of the molecule is Cc1noc(C)c1S(=O)(=O)NCc1c(F)ccc(F)c1Cl. The van der Waals surface area contributed by atoms with Crippen molar-refractivity contribution in [3.05, 3.63) is 45.8 Å². The van der Waals surface area contributed by atoms with E-state index in [-0.39, 0.29) is 21.9 Å². The van der Waals surface area contributed by atoms with E-state index in [9.17, 15) is 17.2 Å². The topological polar surface area (TPSA) is 72.2 Å². The lowest BCUT2D eigenvalue weighted by Gasteiger charge is -2.09. The van der Waals surface area contributed by atoms with Gasteiger partial charge >= 0.3 is 0 Å². The summed E-state index contributed by atoms with van der Waals surface area (Å²) in [5.74, 6) is -1.53. The normalized spacial score (nSPS) is 11.9. The maximum absolute atomic E-state index is 13.6. The molecule has 0 atom stereocenters. The first-order valence-corrected chi connectivity index (χ1v) is 7.65. The molecule has 0 saturated carbocycles. The third-order valence-corrected chi connectivity index (χ3v) is 4.87.